The van der Waals surface area contributed by atoms with Gasteiger partial charge in [0.15, 0.2) is 0 Å². The highest BCUT2D eigenvalue weighted by molar-refractivity contribution is 9.10. The number of anilines is 1. The fraction of sp³-hybridized carbons (Fsp3) is 0.0769. The van der Waals surface area contributed by atoms with E-state index in [0.717, 1.165) is 16.1 Å². The third kappa shape index (κ3) is 3.23. The molecule has 3 N–H and O–H groups in total. The molecule has 0 bridgehead atoms. The van der Waals surface area contributed by atoms with Gasteiger partial charge in [-0.25, -0.2) is 4.98 Å². The second-order valence-corrected chi connectivity index (χ2v) is 4.87. The number of benzene rings is 1. The highest BCUT2D eigenvalue weighted by Gasteiger charge is 2.10. The maximum absolute atomic E-state index is 11.9. The van der Waals surface area contributed by atoms with Crippen LogP contribution >= 0.6 is 15.9 Å². The van der Waals surface area contributed by atoms with E-state index in [4.69, 9.17) is 0 Å². The van der Waals surface area contributed by atoms with Gasteiger partial charge < -0.3 is 15.5 Å². The summed E-state index contributed by atoms with van der Waals surface area (Å²) in [6.07, 6.45) is 1.59. The van der Waals surface area contributed by atoms with E-state index in [1.807, 2.05) is 6.92 Å². The van der Waals surface area contributed by atoms with E-state index in [1.165, 1.54) is 12.1 Å². The number of rotatable bonds is 2. The highest BCUT2D eigenvalue weighted by atomic mass is 79.9. The number of hydrogen-bond donors (Lipinski definition) is 3. The number of aromatic nitrogens is 1. The molecule has 5 nitrogen and oxygen atoms in total. The normalized spacial score (nSPS) is 10.2. The number of nitrogens with one attached hydrogen (secondary N) is 1. The van der Waals surface area contributed by atoms with Crippen molar-refractivity contribution in [3.05, 3.63) is 46.1 Å². The van der Waals surface area contributed by atoms with Crippen molar-refractivity contribution < 1.29 is 15.0 Å². The summed E-state index contributed by atoms with van der Waals surface area (Å²) in [4.78, 5) is 16.0. The van der Waals surface area contributed by atoms with E-state index >= 15 is 0 Å². The third-order valence-electron chi connectivity index (χ3n) is 2.45. The van der Waals surface area contributed by atoms with E-state index in [1.54, 1.807) is 12.3 Å². The van der Waals surface area contributed by atoms with E-state index < -0.39 is 5.91 Å². The van der Waals surface area contributed by atoms with Crippen molar-refractivity contribution >= 4 is 27.7 Å². The number of pyridine rings is 1. The third-order valence-corrected chi connectivity index (χ3v) is 3.28. The second kappa shape index (κ2) is 5.27. The molecule has 0 saturated carbocycles. The van der Waals surface area contributed by atoms with E-state index in [-0.39, 0.29) is 17.1 Å². The van der Waals surface area contributed by atoms with E-state index in [9.17, 15) is 15.0 Å². The van der Waals surface area contributed by atoms with Crippen molar-refractivity contribution in [2.24, 2.45) is 0 Å². The fourth-order valence-corrected chi connectivity index (χ4v) is 1.74. The van der Waals surface area contributed by atoms with Crippen molar-refractivity contribution in [1.82, 2.24) is 4.98 Å². The van der Waals surface area contributed by atoms with Gasteiger partial charge in [-0.3, -0.25) is 4.79 Å². The average Bonchev–Trinajstić information content (AvgIpc) is 2.32. The lowest BCUT2D eigenvalue weighted by molar-refractivity contribution is 0.102. The van der Waals surface area contributed by atoms with Crippen LogP contribution < -0.4 is 5.32 Å². The van der Waals surface area contributed by atoms with Crippen LogP contribution in [0.25, 0.3) is 0 Å². The van der Waals surface area contributed by atoms with Crippen LogP contribution in [0.5, 0.6) is 11.5 Å². The summed E-state index contributed by atoms with van der Waals surface area (Å²) in [5, 5.41) is 21.2. The first-order valence-electron chi connectivity index (χ1n) is 5.42. The van der Waals surface area contributed by atoms with E-state index in [0.29, 0.717) is 5.82 Å². The molecule has 0 spiro atoms. The summed E-state index contributed by atoms with van der Waals surface area (Å²) < 4.78 is 0.848. The smallest absolute Gasteiger partial charge is 0.257 e. The SMILES string of the molecule is Cc1cc(NC(=O)c2cc(O)cc(O)c2)ncc1Br. The zero-order chi connectivity index (χ0) is 14.0. The summed E-state index contributed by atoms with van der Waals surface area (Å²) in [5.74, 6) is -0.413. The molecule has 6 heteroatoms. The number of hydrogen-bond acceptors (Lipinski definition) is 4. The van der Waals surface area contributed by atoms with Gasteiger partial charge in [0, 0.05) is 22.3 Å². The van der Waals surface area contributed by atoms with Crippen LogP contribution in [0.2, 0.25) is 0 Å². The Morgan fingerprint density at radius 3 is 2.42 bits per heavy atom. The topological polar surface area (TPSA) is 82.5 Å². The van der Waals surface area contributed by atoms with Crippen LogP contribution in [-0.2, 0) is 0 Å². The van der Waals surface area contributed by atoms with E-state index in [2.05, 4.69) is 26.2 Å². The summed E-state index contributed by atoms with van der Waals surface area (Å²) in [5.41, 5.74) is 1.09. The number of aromatic hydroxyl groups is 2. The number of carbonyl (C=O) groups excluding carboxylic acids is 1. The molecule has 1 aromatic carbocycles. The summed E-state index contributed by atoms with van der Waals surface area (Å²) in [6, 6.07) is 5.39. The number of phenols is 2. The Balaban J connectivity index is 2.22. The lowest BCUT2D eigenvalue weighted by Gasteiger charge is -2.07. The molecule has 0 unspecified atom stereocenters. The Morgan fingerprint density at radius 1 is 1.21 bits per heavy atom. The van der Waals surface area contributed by atoms with Crippen LogP contribution in [0.4, 0.5) is 5.82 Å². The molecule has 98 valence electrons. The fourth-order valence-electron chi connectivity index (χ4n) is 1.52. The number of carbonyl (C=O) groups is 1. The molecule has 0 radical (unpaired) electrons. The van der Waals surface area contributed by atoms with Crippen LogP contribution in [0.1, 0.15) is 15.9 Å². The first-order valence-corrected chi connectivity index (χ1v) is 6.21. The number of amides is 1. The molecule has 19 heavy (non-hydrogen) atoms. The first kappa shape index (κ1) is 13.4. The largest absolute Gasteiger partial charge is 0.508 e. The molecule has 1 aromatic heterocycles. The molecule has 0 atom stereocenters. The Bertz CT molecular complexity index is 624. The molecule has 2 aromatic rings. The van der Waals surface area contributed by atoms with Gasteiger partial charge in [-0.15, -0.1) is 0 Å². The minimum absolute atomic E-state index is 0.153. The Hall–Kier alpha value is -2.08. The summed E-state index contributed by atoms with van der Waals surface area (Å²) in [7, 11) is 0. The van der Waals surface area contributed by atoms with Gasteiger partial charge >= 0.3 is 0 Å². The highest BCUT2D eigenvalue weighted by Crippen LogP contribution is 2.22. The molecule has 1 amide bonds. The molecular weight excluding hydrogens is 312 g/mol. The molecule has 0 aliphatic carbocycles. The second-order valence-electron chi connectivity index (χ2n) is 4.01. The van der Waals surface area contributed by atoms with Crippen molar-refractivity contribution in [3.63, 3.8) is 0 Å². The predicted octanol–water partition coefficient (Wildman–Crippen LogP) is 2.82. The first-order chi connectivity index (χ1) is 8.95. The Labute approximate surface area is 118 Å². The zero-order valence-electron chi connectivity index (χ0n) is 10.0. The van der Waals surface area contributed by atoms with Crippen LogP contribution in [0, 0.1) is 6.92 Å². The van der Waals surface area contributed by atoms with Gasteiger partial charge in [0.05, 0.1) is 0 Å². The number of nitrogens with zero attached hydrogens (tertiary/aromatic N) is 1. The van der Waals surface area contributed by atoms with Crippen molar-refractivity contribution in [1.29, 1.82) is 0 Å². The lowest BCUT2D eigenvalue weighted by Crippen LogP contribution is -2.12. The molecule has 2 rings (SSSR count). The maximum Gasteiger partial charge on any atom is 0.257 e. The van der Waals surface area contributed by atoms with Gasteiger partial charge in [-0.05, 0) is 46.6 Å². The van der Waals surface area contributed by atoms with Crippen LogP contribution in [-0.4, -0.2) is 21.1 Å². The minimum Gasteiger partial charge on any atom is -0.508 e. The quantitative estimate of drug-likeness (QED) is 0.794. The Morgan fingerprint density at radius 2 is 1.84 bits per heavy atom. The van der Waals surface area contributed by atoms with Crippen molar-refractivity contribution in [2.75, 3.05) is 5.32 Å². The molecule has 0 saturated heterocycles. The summed E-state index contributed by atoms with van der Waals surface area (Å²) in [6.45, 7) is 1.88. The van der Waals surface area contributed by atoms with Gasteiger partial charge in [0.2, 0.25) is 0 Å². The van der Waals surface area contributed by atoms with Crippen molar-refractivity contribution in [2.45, 2.75) is 6.92 Å². The number of phenolic OH excluding ortho intramolecular Hbond substituents is 2. The lowest BCUT2D eigenvalue weighted by atomic mass is 10.2. The molecule has 0 aliphatic heterocycles. The number of aryl methyl sites for hydroxylation is 1. The number of halogens is 1. The van der Waals surface area contributed by atoms with Gasteiger partial charge in [0.25, 0.3) is 5.91 Å². The Kier molecular flexibility index (Phi) is 3.71. The van der Waals surface area contributed by atoms with Gasteiger partial charge in [-0.1, -0.05) is 0 Å². The monoisotopic (exact) mass is 322 g/mol. The minimum atomic E-state index is -0.458. The maximum atomic E-state index is 11.9. The summed E-state index contributed by atoms with van der Waals surface area (Å²) >= 11 is 3.32. The molecular formula is C13H11BrN2O3. The zero-order valence-corrected chi connectivity index (χ0v) is 11.6. The predicted molar refractivity (Wildman–Crippen MR) is 74.4 cm³/mol. The molecule has 1 heterocycles. The molecule has 0 aliphatic rings. The standard InChI is InChI=1S/C13H11BrN2O3/c1-7-2-12(15-6-11(7)14)16-13(19)8-3-9(17)5-10(18)4-8/h2-6,17-18H,1H3,(H,15,16,19). The van der Waals surface area contributed by atoms with Crippen LogP contribution in [0.15, 0.2) is 34.9 Å². The van der Waals surface area contributed by atoms with Crippen LogP contribution in [0.3, 0.4) is 0 Å². The average molecular weight is 323 g/mol. The van der Waals surface area contributed by atoms with Gasteiger partial charge in [0.1, 0.15) is 17.3 Å². The van der Waals surface area contributed by atoms with Crippen molar-refractivity contribution in [3.8, 4) is 11.5 Å². The van der Waals surface area contributed by atoms with Gasteiger partial charge in [-0.2, -0.15) is 0 Å². The molecule has 0 fully saturated rings.